The fraction of sp³-hybridized carbons (Fsp3) is 0.0435. The second kappa shape index (κ2) is 7.01. The predicted molar refractivity (Wildman–Crippen MR) is 108 cm³/mol. The van der Waals surface area contributed by atoms with Crippen LogP contribution in [0.2, 0.25) is 0 Å². The quantitative estimate of drug-likeness (QED) is 0.514. The van der Waals surface area contributed by atoms with Crippen molar-refractivity contribution < 1.29 is 19.0 Å². The molecule has 4 aromatic rings. The summed E-state index contributed by atoms with van der Waals surface area (Å²) in [4.78, 5) is 13.2. The minimum atomic E-state index is -1.05. The Kier molecular flexibility index (Phi) is 4.47. The summed E-state index contributed by atoms with van der Waals surface area (Å²) in [7, 11) is 0. The van der Waals surface area contributed by atoms with E-state index in [9.17, 15) is 29.1 Å². The van der Waals surface area contributed by atoms with E-state index in [0.717, 1.165) is 6.07 Å². The van der Waals surface area contributed by atoms with E-state index in [2.05, 4.69) is 0 Å². The van der Waals surface area contributed by atoms with Crippen LogP contribution < -0.4 is 5.56 Å². The summed E-state index contributed by atoms with van der Waals surface area (Å²) >= 11 is 0. The minimum absolute atomic E-state index is 0.00618. The van der Waals surface area contributed by atoms with Gasteiger partial charge in [-0.15, -0.1) is 0 Å². The summed E-state index contributed by atoms with van der Waals surface area (Å²) in [6.07, 6.45) is 1.43. The number of hydrogen-bond donors (Lipinski definition) is 2. The van der Waals surface area contributed by atoms with E-state index in [1.807, 2.05) is 6.07 Å². The van der Waals surface area contributed by atoms with Gasteiger partial charge in [-0.05, 0) is 66.6 Å². The van der Waals surface area contributed by atoms with Crippen LogP contribution >= 0.6 is 0 Å². The molecule has 30 heavy (non-hydrogen) atoms. The molecular weight excluding hydrogens is 390 g/mol. The van der Waals surface area contributed by atoms with Gasteiger partial charge in [0.25, 0.3) is 5.56 Å². The van der Waals surface area contributed by atoms with E-state index in [4.69, 9.17) is 0 Å². The van der Waals surface area contributed by atoms with Crippen LogP contribution in [0.15, 0.2) is 59.5 Å². The topological polar surface area (TPSA) is 86.3 Å². The van der Waals surface area contributed by atoms with Crippen LogP contribution in [-0.4, -0.2) is 14.8 Å². The molecular formula is C23H14F2N2O3. The number of fused-ring (bicyclic) bond motifs is 1. The molecule has 3 aromatic carbocycles. The maximum atomic E-state index is 14.1. The third-order valence-corrected chi connectivity index (χ3v) is 4.87. The van der Waals surface area contributed by atoms with Crippen molar-refractivity contribution in [3.8, 4) is 34.4 Å². The van der Waals surface area contributed by atoms with Crippen molar-refractivity contribution in [1.29, 1.82) is 5.26 Å². The highest BCUT2D eigenvalue weighted by molar-refractivity contribution is 5.99. The van der Waals surface area contributed by atoms with Gasteiger partial charge < -0.3 is 10.2 Å². The molecule has 7 heteroatoms. The monoisotopic (exact) mass is 404 g/mol. The first kappa shape index (κ1) is 19.2. The molecule has 2 N–H and O–H groups in total. The maximum absolute atomic E-state index is 14.1. The number of aromatic nitrogens is 1. The number of pyridine rings is 1. The van der Waals surface area contributed by atoms with Gasteiger partial charge in [0.2, 0.25) is 0 Å². The highest BCUT2D eigenvalue weighted by Gasteiger charge is 2.18. The van der Waals surface area contributed by atoms with Gasteiger partial charge in [-0.3, -0.25) is 9.36 Å². The van der Waals surface area contributed by atoms with E-state index in [1.165, 1.54) is 60.2 Å². The Balaban J connectivity index is 2.18. The number of benzene rings is 3. The maximum Gasteiger partial charge on any atom is 0.264 e. The number of halogens is 2. The van der Waals surface area contributed by atoms with Gasteiger partial charge >= 0.3 is 0 Å². The smallest absolute Gasteiger partial charge is 0.264 e. The van der Waals surface area contributed by atoms with Crippen molar-refractivity contribution in [3.63, 3.8) is 0 Å². The average molecular weight is 404 g/mol. The second-order valence-electron chi connectivity index (χ2n) is 6.85. The van der Waals surface area contributed by atoms with Crippen LogP contribution in [0, 0.1) is 29.9 Å². The van der Waals surface area contributed by atoms with Crippen molar-refractivity contribution in [2.24, 2.45) is 0 Å². The molecule has 4 rings (SSSR count). The zero-order chi connectivity index (χ0) is 21.6. The van der Waals surface area contributed by atoms with Gasteiger partial charge in [0.05, 0.1) is 10.9 Å². The fourth-order valence-corrected chi connectivity index (χ4v) is 3.45. The summed E-state index contributed by atoms with van der Waals surface area (Å²) in [5.41, 5.74) is 0.489. The summed E-state index contributed by atoms with van der Waals surface area (Å²) < 4.78 is 29.2. The lowest BCUT2D eigenvalue weighted by Gasteiger charge is -2.15. The molecule has 0 fully saturated rings. The van der Waals surface area contributed by atoms with E-state index in [1.54, 1.807) is 0 Å². The molecule has 0 aliphatic carbocycles. The van der Waals surface area contributed by atoms with E-state index < -0.39 is 17.2 Å². The number of aromatic hydroxyl groups is 2. The van der Waals surface area contributed by atoms with E-state index >= 15 is 0 Å². The standard InChI is InChI=1S/C23H14F2N2O3/c1-12-6-13(8-20(24)22(12)25)19-11-27(15-2-4-16(28)5-3-15)23(30)21-14(10-26)7-17(29)9-18(19)21/h2-9,11,28-29H,1H3. The average Bonchev–Trinajstić information content (AvgIpc) is 2.72. The zero-order valence-corrected chi connectivity index (χ0v) is 15.6. The molecule has 0 amide bonds. The molecule has 0 saturated heterocycles. The Morgan fingerprint density at radius 3 is 2.33 bits per heavy atom. The second-order valence-corrected chi connectivity index (χ2v) is 6.85. The first-order valence-electron chi connectivity index (χ1n) is 8.88. The number of aryl methyl sites for hydroxylation is 1. The minimum Gasteiger partial charge on any atom is -0.508 e. The Labute approximate surface area is 169 Å². The van der Waals surface area contributed by atoms with Crippen molar-refractivity contribution in [2.75, 3.05) is 0 Å². The molecule has 0 aliphatic rings. The first-order chi connectivity index (χ1) is 14.3. The Morgan fingerprint density at radius 1 is 1.00 bits per heavy atom. The van der Waals surface area contributed by atoms with Crippen molar-refractivity contribution in [2.45, 2.75) is 6.92 Å². The fourth-order valence-electron chi connectivity index (χ4n) is 3.45. The highest BCUT2D eigenvalue weighted by Crippen LogP contribution is 2.33. The molecule has 0 aliphatic heterocycles. The summed E-state index contributed by atoms with van der Waals surface area (Å²) in [5, 5.41) is 29.4. The Hall–Kier alpha value is -4.18. The largest absolute Gasteiger partial charge is 0.508 e. The third-order valence-electron chi connectivity index (χ3n) is 4.87. The van der Waals surface area contributed by atoms with Gasteiger partial charge in [0, 0.05) is 22.8 Å². The van der Waals surface area contributed by atoms with Gasteiger partial charge in [0.15, 0.2) is 11.6 Å². The lowest BCUT2D eigenvalue weighted by atomic mass is 9.96. The van der Waals surface area contributed by atoms with E-state index in [-0.39, 0.29) is 39.0 Å². The SMILES string of the molecule is Cc1cc(-c2cn(-c3ccc(O)cc3)c(=O)c3c(C#N)cc(O)cc23)cc(F)c1F. The van der Waals surface area contributed by atoms with E-state index in [0.29, 0.717) is 11.3 Å². The van der Waals surface area contributed by atoms with Crippen molar-refractivity contribution in [3.05, 3.63) is 87.8 Å². The van der Waals surface area contributed by atoms with Crippen molar-refractivity contribution >= 4 is 10.8 Å². The summed E-state index contributed by atoms with van der Waals surface area (Å²) in [6.45, 7) is 1.41. The summed E-state index contributed by atoms with van der Waals surface area (Å²) in [5.74, 6) is -2.26. The molecule has 0 bridgehead atoms. The van der Waals surface area contributed by atoms with Gasteiger partial charge in [0.1, 0.15) is 17.6 Å². The first-order valence-corrected chi connectivity index (χ1v) is 8.88. The lowest BCUT2D eigenvalue weighted by Crippen LogP contribution is -2.19. The van der Waals surface area contributed by atoms with Gasteiger partial charge in [-0.1, -0.05) is 0 Å². The van der Waals surface area contributed by atoms with Gasteiger partial charge in [-0.25, -0.2) is 8.78 Å². The molecule has 0 atom stereocenters. The number of hydrogen-bond acceptors (Lipinski definition) is 4. The number of nitrogens with zero attached hydrogens (tertiary/aromatic N) is 2. The molecule has 5 nitrogen and oxygen atoms in total. The molecule has 0 saturated carbocycles. The van der Waals surface area contributed by atoms with Crippen LogP contribution in [-0.2, 0) is 0 Å². The number of phenolic OH excluding ortho intramolecular Hbond substituents is 2. The van der Waals surface area contributed by atoms with Crippen LogP contribution in [0.1, 0.15) is 11.1 Å². The molecule has 148 valence electrons. The van der Waals surface area contributed by atoms with Gasteiger partial charge in [-0.2, -0.15) is 5.26 Å². The number of phenols is 2. The Bertz CT molecular complexity index is 1400. The zero-order valence-electron chi connectivity index (χ0n) is 15.6. The third kappa shape index (κ3) is 3.05. The van der Waals surface area contributed by atoms with Crippen LogP contribution in [0.5, 0.6) is 11.5 Å². The number of nitriles is 1. The summed E-state index contributed by atoms with van der Waals surface area (Å²) in [6, 6.07) is 12.6. The van der Waals surface area contributed by atoms with Crippen LogP contribution in [0.4, 0.5) is 8.78 Å². The predicted octanol–water partition coefficient (Wildman–Crippen LogP) is 4.53. The Morgan fingerprint density at radius 2 is 1.70 bits per heavy atom. The molecule has 1 heterocycles. The highest BCUT2D eigenvalue weighted by atomic mass is 19.2. The number of rotatable bonds is 2. The molecule has 0 unspecified atom stereocenters. The normalized spacial score (nSPS) is 10.9. The molecule has 0 spiro atoms. The van der Waals surface area contributed by atoms with Crippen molar-refractivity contribution in [1.82, 2.24) is 4.57 Å². The van der Waals surface area contributed by atoms with Crippen LogP contribution in [0.25, 0.3) is 27.6 Å². The molecule has 0 radical (unpaired) electrons. The van der Waals surface area contributed by atoms with Crippen LogP contribution in [0.3, 0.4) is 0 Å². The molecule has 1 aromatic heterocycles. The lowest BCUT2D eigenvalue weighted by molar-refractivity contribution is 0.475.